The molecule has 2 nitrogen and oxygen atoms in total. The van der Waals surface area contributed by atoms with E-state index < -0.39 is 0 Å². The molecule has 0 fully saturated rings. The fourth-order valence-corrected chi connectivity index (χ4v) is 0.749. The topological polar surface area (TPSA) is 24.7 Å². The van der Waals surface area contributed by atoms with Crippen LogP contribution in [0, 0.1) is 0 Å². The number of rotatable bonds is 1. The van der Waals surface area contributed by atoms with Gasteiger partial charge in [-0.3, -0.25) is 0 Å². The van der Waals surface area contributed by atoms with Crippen LogP contribution in [0.5, 0.6) is 0 Å². The van der Waals surface area contributed by atoms with E-state index in [1.54, 1.807) is 19.2 Å². The number of nitrogens with zero attached hydrogens (tertiary/aromatic N) is 2. The molecule has 0 unspecified atom stereocenters. The third-order valence-corrected chi connectivity index (χ3v) is 1.29. The summed E-state index contributed by atoms with van der Waals surface area (Å²) >= 11 is 5.64. The molecule has 0 amide bonds. The molecular weight excluding hydrogens is 148 g/mol. The zero-order valence-corrected chi connectivity index (χ0v) is 6.34. The highest BCUT2D eigenvalue weighted by Crippen LogP contribution is 2.15. The van der Waals surface area contributed by atoms with Crippen LogP contribution in [0.1, 0.15) is 0 Å². The lowest BCUT2D eigenvalue weighted by Gasteiger charge is -1.89. The summed E-state index contributed by atoms with van der Waals surface area (Å²) in [7, 11) is 1.63. The highest BCUT2D eigenvalue weighted by molar-refractivity contribution is 6.30. The maximum atomic E-state index is 5.64. The first-order valence-electron chi connectivity index (χ1n) is 2.88. The van der Waals surface area contributed by atoms with Crippen LogP contribution in [-0.4, -0.2) is 7.05 Å². The maximum Gasteiger partial charge on any atom is 0.0853 e. The Bertz CT molecular complexity index is 228. The number of benzene rings is 1. The van der Waals surface area contributed by atoms with Crippen molar-refractivity contribution in [1.29, 1.82) is 0 Å². The van der Waals surface area contributed by atoms with Crippen molar-refractivity contribution in [2.24, 2.45) is 10.2 Å². The summed E-state index contributed by atoms with van der Waals surface area (Å²) in [6, 6.07) is 7.20. The molecule has 1 rings (SSSR count). The highest BCUT2D eigenvalue weighted by Gasteiger charge is 1.86. The van der Waals surface area contributed by atoms with Crippen LogP contribution < -0.4 is 0 Å². The minimum absolute atomic E-state index is 0.718. The molecule has 0 saturated carbocycles. The van der Waals surface area contributed by atoms with Gasteiger partial charge in [0.05, 0.1) is 5.69 Å². The van der Waals surface area contributed by atoms with E-state index in [1.807, 2.05) is 12.1 Å². The zero-order chi connectivity index (χ0) is 7.40. The first-order valence-corrected chi connectivity index (χ1v) is 3.26. The second-order valence-corrected chi connectivity index (χ2v) is 2.21. The first kappa shape index (κ1) is 7.22. The van der Waals surface area contributed by atoms with E-state index in [-0.39, 0.29) is 0 Å². The van der Waals surface area contributed by atoms with Crippen LogP contribution in [0.25, 0.3) is 0 Å². The Balaban J connectivity index is 2.89. The largest absolute Gasteiger partial charge is 0.192 e. The van der Waals surface area contributed by atoms with Gasteiger partial charge in [0.15, 0.2) is 0 Å². The molecule has 0 N–H and O–H groups in total. The Hall–Kier alpha value is -0.890. The van der Waals surface area contributed by atoms with Gasteiger partial charge in [-0.15, -0.1) is 0 Å². The highest BCUT2D eigenvalue weighted by atomic mass is 35.5. The van der Waals surface area contributed by atoms with Crippen LogP contribution in [0.3, 0.4) is 0 Å². The molecule has 0 spiro atoms. The molecule has 0 aliphatic carbocycles. The molecule has 1 aromatic carbocycles. The van der Waals surface area contributed by atoms with E-state index in [1.165, 1.54) is 0 Å². The summed E-state index contributed by atoms with van der Waals surface area (Å²) < 4.78 is 0. The van der Waals surface area contributed by atoms with Gasteiger partial charge in [0.2, 0.25) is 0 Å². The van der Waals surface area contributed by atoms with Gasteiger partial charge >= 0.3 is 0 Å². The Kier molecular flexibility index (Phi) is 2.40. The molecule has 52 valence electrons. The van der Waals surface area contributed by atoms with Crippen LogP contribution in [-0.2, 0) is 0 Å². The molecule has 0 aliphatic rings. The van der Waals surface area contributed by atoms with Crippen LogP contribution in [0.2, 0.25) is 5.02 Å². The van der Waals surface area contributed by atoms with Crippen molar-refractivity contribution in [2.75, 3.05) is 7.05 Å². The predicted molar refractivity (Wildman–Crippen MR) is 41.9 cm³/mol. The molecule has 0 saturated heterocycles. The van der Waals surface area contributed by atoms with E-state index in [4.69, 9.17) is 11.6 Å². The van der Waals surface area contributed by atoms with Crippen molar-refractivity contribution in [3.63, 3.8) is 0 Å². The van der Waals surface area contributed by atoms with Crippen molar-refractivity contribution >= 4 is 17.3 Å². The van der Waals surface area contributed by atoms with Gasteiger partial charge in [0, 0.05) is 12.1 Å². The Labute approximate surface area is 64.5 Å². The zero-order valence-electron chi connectivity index (χ0n) is 5.58. The van der Waals surface area contributed by atoms with Crippen molar-refractivity contribution in [2.45, 2.75) is 0 Å². The molecule has 3 heteroatoms. The second kappa shape index (κ2) is 3.32. The van der Waals surface area contributed by atoms with Gasteiger partial charge < -0.3 is 0 Å². The van der Waals surface area contributed by atoms with Gasteiger partial charge in [-0.1, -0.05) is 11.6 Å². The molecule has 0 bridgehead atoms. The smallest absolute Gasteiger partial charge is 0.0853 e. The van der Waals surface area contributed by atoms with E-state index in [0.717, 1.165) is 10.7 Å². The van der Waals surface area contributed by atoms with E-state index in [2.05, 4.69) is 10.2 Å². The monoisotopic (exact) mass is 154 g/mol. The van der Waals surface area contributed by atoms with Crippen molar-refractivity contribution in [3.8, 4) is 0 Å². The molecule has 0 heterocycles. The molecule has 0 aliphatic heterocycles. The summed E-state index contributed by atoms with van der Waals surface area (Å²) in [5.74, 6) is 0. The maximum absolute atomic E-state index is 5.64. The van der Waals surface area contributed by atoms with Gasteiger partial charge in [0.1, 0.15) is 0 Å². The van der Waals surface area contributed by atoms with Crippen molar-refractivity contribution in [3.05, 3.63) is 29.3 Å². The second-order valence-electron chi connectivity index (χ2n) is 1.78. The van der Waals surface area contributed by atoms with Gasteiger partial charge in [-0.05, 0) is 24.3 Å². The number of hydrogen-bond acceptors (Lipinski definition) is 2. The van der Waals surface area contributed by atoms with E-state index >= 15 is 0 Å². The molecule has 0 atom stereocenters. The lowest BCUT2D eigenvalue weighted by atomic mass is 10.3. The third-order valence-electron chi connectivity index (χ3n) is 1.04. The van der Waals surface area contributed by atoms with Gasteiger partial charge in [-0.2, -0.15) is 10.2 Å². The molecule has 10 heavy (non-hydrogen) atoms. The fourth-order valence-electron chi connectivity index (χ4n) is 0.623. The summed E-state index contributed by atoms with van der Waals surface area (Å²) in [6.07, 6.45) is 0. The van der Waals surface area contributed by atoms with Crippen LogP contribution in [0.15, 0.2) is 34.5 Å². The quantitative estimate of drug-likeness (QED) is 0.556. The summed E-state index contributed by atoms with van der Waals surface area (Å²) in [6.45, 7) is 0. The predicted octanol–water partition coefficient (Wildman–Crippen LogP) is 3.05. The fraction of sp³-hybridized carbons (Fsp3) is 0.143. The summed E-state index contributed by atoms with van der Waals surface area (Å²) in [5, 5.41) is 8.15. The number of azo groups is 1. The van der Waals surface area contributed by atoms with Crippen LogP contribution >= 0.6 is 11.6 Å². The lowest BCUT2D eigenvalue weighted by Crippen LogP contribution is -1.62. The summed E-state index contributed by atoms with van der Waals surface area (Å²) in [5.41, 5.74) is 0.826. The average molecular weight is 155 g/mol. The number of hydrogen-bond donors (Lipinski definition) is 0. The van der Waals surface area contributed by atoms with Crippen molar-refractivity contribution < 1.29 is 0 Å². The Morgan fingerprint density at radius 1 is 1.20 bits per heavy atom. The van der Waals surface area contributed by atoms with E-state index in [9.17, 15) is 0 Å². The molecule has 0 aromatic heterocycles. The minimum atomic E-state index is 0.718. The Morgan fingerprint density at radius 2 is 1.80 bits per heavy atom. The number of halogens is 1. The Morgan fingerprint density at radius 3 is 2.30 bits per heavy atom. The summed E-state index contributed by atoms with van der Waals surface area (Å²) in [4.78, 5) is 0. The standard InChI is InChI=1S/C7H7ClN2/c1-9-10-7-4-2-6(8)3-5-7/h2-5H,1H3/b10-9+. The molecular formula is C7H7ClN2. The first-order chi connectivity index (χ1) is 4.83. The van der Waals surface area contributed by atoms with Crippen LogP contribution in [0.4, 0.5) is 5.69 Å². The third kappa shape index (κ3) is 1.81. The molecule has 1 aromatic rings. The molecule has 0 radical (unpaired) electrons. The van der Waals surface area contributed by atoms with Gasteiger partial charge in [0.25, 0.3) is 0 Å². The lowest BCUT2D eigenvalue weighted by molar-refractivity contribution is 1.17. The normalized spacial score (nSPS) is 10.6. The minimum Gasteiger partial charge on any atom is -0.192 e. The van der Waals surface area contributed by atoms with Gasteiger partial charge in [-0.25, -0.2) is 0 Å². The van der Waals surface area contributed by atoms with Crippen molar-refractivity contribution in [1.82, 2.24) is 0 Å². The average Bonchev–Trinajstić information content (AvgIpc) is 1.95. The van der Waals surface area contributed by atoms with E-state index in [0.29, 0.717) is 0 Å². The SMILES string of the molecule is C/N=N/c1ccc(Cl)cc1.